The van der Waals surface area contributed by atoms with E-state index >= 15 is 0 Å². The maximum Gasteiger partial charge on any atom is 0.407 e. The highest BCUT2D eigenvalue weighted by Crippen LogP contribution is 2.39. The van der Waals surface area contributed by atoms with Crippen molar-refractivity contribution in [1.82, 2.24) is 10.2 Å². The summed E-state index contributed by atoms with van der Waals surface area (Å²) in [6.07, 6.45) is 8.94. The quantitative estimate of drug-likeness (QED) is 0.807. The Morgan fingerprint density at radius 2 is 2.00 bits per heavy atom. The Bertz CT molecular complexity index is 523. The molecule has 0 aromatic rings. The van der Waals surface area contributed by atoms with Gasteiger partial charge in [0.2, 0.25) is 5.91 Å². The zero-order chi connectivity index (χ0) is 17.3. The Hall–Kier alpha value is -1.52. The van der Waals surface area contributed by atoms with E-state index in [1.807, 2.05) is 25.7 Å². The molecule has 1 heterocycles. The van der Waals surface area contributed by atoms with Gasteiger partial charge in [-0.1, -0.05) is 12.2 Å². The van der Waals surface area contributed by atoms with Crippen LogP contribution < -0.4 is 5.32 Å². The Kier molecular flexibility index (Phi) is 4.88. The highest BCUT2D eigenvalue weighted by molar-refractivity contribution is 5.77. The lowest BCUT2D eigenvalue weighted by atomic mass is 9.98. The second-order valence-corrected chi connectivity index (χ2v) is 8.52. The molecular weight excluding hydrogens is 304 g/mol. The summed E-state index contributed by atoms with van der Waals surface area (Å²) in [6.45, 7) is 7.25. The molecule has 2 amide bonds. The molecule has 134 valence electrons. The number of likely N-dealkylation sites (tertiary alicyclic amines) is 1. The van der Waals surface area contributed by atoms with Crippen LogP contribution in [0.4, 0.5) is 4.79 Å². The van der Waals surface area contributed by atoms with E-state index in [1.165, 1.54) is 0 Å². The third-order valence-electron chi connectivity index (χ3n) is 5.46. The monoisotopic (exact) mass is 334 g/mol. The molecule has 2 aliphatic carbocycles. The standard InChI is InChI=1S/C19H30N2O3/c1-19(2,3)24-18(23)20-16-9-8-14-11-21(12-15(14)16)17(22)10-13-6-4-5-7-13/h4,6,13-16H,5,7-12H2,1-3H3,(H,20,23)/t13-,14+,15+,16+/m0/s1. The molecule has 2 fully saturated rings. The summed E-state index contributed by atoms with van der Waals surface area (Å²) in [7, 11) is 0. The minimum absolute atomic E-state index is 0.133. The molecule has 0 spiro atoms. The number of rotatable bonds is 3. The van der Waals surface area contributed by atoms with E-state index in [9.17, 15) is 9.59 Å². The lowest BCUT2D eigenvalue weighted by Crippen LogP contribution is -2.42. The number of fused-ring (bicyclic) bond motifs is 1. The van der Waals surface area contributed by atoms with E-state index in [-0.39, 0.29) is 18.0 Å². The van der Waals surface area contributed by atoms with Gasteiger partial charge < -0.3 is 15.0 Å². The molecule has 3 aliphatic rings. The summed E-state index contributed by atoms with van der Waals surface area (Å²) in [5.41, 5.74) is -0.478. The SMILES string of the molecule is CC(C)(C)OC(=O)N[C@@H]1CC[C@@H]2CN(C(=O)C[C@H]3C=CCC3)C[C@H]21. The number of carbonyl (C=O) groups excluding carboxylic acids is 2. The summed E-state index contributed by atoms with van der Waals surface area (Å²) < 4.78 is 5.37. The topological polar surface area (TPSA) is 58.6 Å². The first kappa shape index (κ1) is 17.3. The molecule has 1 aliphatic heterocycles. The van der Waals surface area contributed by atoms with Crippen molar-refractivity contribution in [3.8, 4) is 0 Å². The van der Waals surface area contributed by atoms with Crippen LogP contribution in [0.25, 0.3) is 0 Å². The summed E-state index contributed by atoms with van der Waals surface area (Å²) in [5.74, 6) is 1.60. The molecule has 24 heavy (non-hydrogen) atoms. The van der Waals surface area contributed by atoms with Crippen LogP contribution in [0, 0.1) is 17.8 Å². The number of allylic oxidation sites excluding steroid dienone is 2. The number of nitrogens with zero attached hydrogens (tertiary/aromatic N) is 1. The number of amides is 2. The number of nitrogens with one attached hydrogen (secondary N) is 1. The summed E-state index contributed by atoms with van der Waals surface area (Å²) >= 11 is 0. The van der Waals surface area contributed by atoms with E-state index in [4.69, 9.17) is 4.74 Å². The second kappa shape index (κ2) is 6.77. The number of ether oxygens (including phenoxy) is 1. The first-order valence-electron chi connectivity index (χ1n) is 9.26. The average Bonchev–Trinajstić information content (AvgIpc) is 3.14. The Morgan fingerprint density at radius 3 is 2.67 bits per heavy atom. The zero-order valence-electron chi connectivity index (χ0n) is 15.1. The third-order valence-corrected chi connectivity index (χ3v) is 5.46. The predicted molar refractivity (Wildman–Crippen MR) is 92.4 cm³/mol. The van der Waals surface area contributed by atoms with Crippen LogP contribution in [0.1, 0.15) is 52.9 Å². The Balaban J connectivity index is 1.51. The summed E-state index contributed by atoms with van der Waals surface area (Å²) in [4.78, 5) is 26.6. The van der Waals surface area contributed by atoms with Crippen LogP contribution in [0.15, 0.2) is 12.2 Å². The van der Waals surface area contributed by atoms with Crippen molar-refractivity contribution in [2.75, 3.05) is 13.1 Å². The molecule has 1 saturated heterocycles. The van der Waals surface area contributed by atoms with E-state index in [0.717, 1.165) is 38.8 Å². The fourth-order valence-electron chi connectivity index (χ4n) is 4.33. The number of hydrogen-bond acceptors (Lipinski definition) is 3. The van der Waals surface area contributed by atoms with Gasteiger partial charge in [-0.2, -0.15) is 0 Å². The predicted octanol–water partition coefficient (Wildman–Crippen LogP) is 3.10. The first-order chi connectivity index (χ1) is 11.3. The highest BCUT2D eigenvalue weighted by Gasteiger charge is 2.44. The smallest absolute Gasteiger partial charge is 0.407 e. The van der Waals surface area contributed by atoms with Crippen molar-refractivity contribution in [2.45, 2.75) is 64.5 Å². The van der Waals surface area contributed by atoms with Gasteiger partial charge in [-0.15, -0.1) is 0 Å². The lowest BCUT2D eigenvalue weighted by molar-refractivity contribution is -0.131. The van der Waals surface area contributed by atoms with Gasteiger partial charge in [-0.05, 0) is 58.3 Å². The molecule has 4 atom stereocenters. The van der Waals surface area contributed by atoms with E-state index in [0.29, 0.717) is 24.2 Å². The maximum absolute atomic E-state index is 12.5. The minimum atomic E-state index is -0.478. The summed E-state index contributed by atoms with van der Waals surface area (Å²) in [5, 5.41) is 3.03. The lowest BCUT2D eigenvalue weighted by Gasteiger charge is -2.25. The Morgan fingerprint density at radius 1 is 1.21 bits per heavy atom. The van der Waals surface area contributed by atoms with Gasteiger partial charge >= 0.3 is 6.09 Å². The molecule has 3 rings (SSSR count). The minimum Gasteiger partial charge on any atom is -0.444 e. The van der Waals surface area contributed by atoms with Crippen LogP contribution in [0.2, 0.25) is 0 Å². The van der Waals surface area contributed by atoms with Gasteiger partial charge in [-0.3, -0.25) is 4.79 Å². The molecule has 0 radical (unpaired) electrons. The van der Waals surface area contributed by atoms with Crippen LogP contribution in [0.5, 0.6) is 0 Å². The van der Waals surface area contributed by atoms with Crippen molar-refractivity contribution in [2.24, 2.45) is 17.8 Å². The number of alkyl carbamates (subject to hydrolysis) is 1. The number of carbonyl (C=O) groups is 2. The van der Waals surface area contributed by atoms with Crippen molar-refractivity contribution in [3.63, 3.8) is 0 Å². The first-order valence-corrected chi connectivity index (χ1v) is 9.26. The van der Waals surface area contributed by atoms with Crippen LogP contribution in [-0.2, 0) is 9.53 Å². The van der Waals surface area contributed by atoms with Gasteiger partial charge in [0.15, 0.2) is 0 Å². The van der Waals surface area contributed by atoms with Crippen molar-refractivity contribution < 1.29 is 14.3 Å². The van der Waals surface area contributed by atoms with Crippen molar-refractivity contribution >= 4 is 12.0 Å². The fourth-order valence-corrected chi connectivity index (χ4v) is 4.33. The fraction of sp³-hybridized carbons (Fsp3) is 0.789. The van der Waals surface area contributed by atoms with Crippen LogP contribution in [-0.4, -0.2) is 41.6 Å². The van der Waals surface area contributed by atoms with Gasteiger partial charge in [0.25, 0.3) is 0 Å². The molecule has 0 aromatic heterocycles. The van der Waals surface area contributed by atoms with Crippen molar-refractivity contribution in [3.05, 3.63) is 12.2 Å². The number of hydrogen-bond donors (Lipinski definition) is 1. The molecule has 1 N–H and O–H groups in total. The van der Waals surface area contributed by atoms with E-state index in [2.05, 4.69) is 17.5 Å². The average molecular weight is 334 g/mol. The van der Waals surface area contributed by atoms with Crippen molar-refractivity contribution in [1.29, 1.82) is 0 Å². The molecule has 5 nitrogen and oxygen atoms in total. The highest BCUT2D eigenvalue weighted by atomic mass is 16.6. The molecule has 0 bridgehead atoms. The largest absolute Gasteiger partial charge is 0.444 e. The second-order valence-electron chi connectivity index (χ2n) is 8.52. The molecule has 1 saturated carbocycles. The Labute approximate surface area is 144 Å². The molecule has 0 aromatic carbocycles. The van der Waals surface area contributed by atoms with Gasteiger partial charge in [0, 0.05) is 31.5 Å². The third kappa shape index (κ3) is 4.11. The zero-order valence-corrected chi connectivity index (χ0v) is 15.1. The van der Waals surface area contributed by atoms with Crippen LogP contribution in [0.3, 0.4) is 0 Å². The molecule has 0 unspecified atom stereocenters. The van der Waals surface area contributed by atoms with Gasteiger partial charge in [-0.25, -0.2) is 4.79 Å². The van der Waals surface area contributed by atoms with Gasteiger partial charge in [0.1, 0.15) is 5.60 Å². The summed E-state index contributed by atoms with van der Waals surface area (Å²) in [6, 6.07) is 0.133. The van der Waals surface area contributed by atoms with E-state index in [1.54, 1.807) is 0 Å². The van der Waals surface area contributed by atoms with Gasteiger partial charge in [0.05, 0.1) is 0 Å². The van der Waals surface area contributed by atoms with Crippen LogP contribution >= 0.6 is 0 Å². The molecule has 5 heteroatoms. The van der Waals surface area contributed by atoms with E-state index < -0.39 is 5.60 Å². The normalized spacial score (nSPS) is 32.0. The maximum atomic E-state index is 12.5. The molecular formula is C19H30N2O3.